The molecule has 2 N–H and O–H groups in total. The summed E-state index contributed by atoms with van der Waals surface area (Å²) >= 11 is 1.16. The van der Waals surface area contributed by atoms with Crippen molar-refractivity contribution in [1.29, 1.82) is 0 Å². The molecule has 0 saturated heterocycles. The molecule has 0 aliphatic carbocycles. The minimum Gasteiger partial charge on any atom is -0.463 e. The lowest BCUT2D eigenvalue weighted by Crippen LogP contribution is -2.26. The molecule has 134 valence electrons. The Morgan fingerprint density at radius 3 is 2.68 bits per heavy atom. The highest BCUT2D eigenvalue weighted by Gasteiger charge is 2.16. The monoisotopic (exact) mass is 364 g/mol. The second kappa shape index (κ2) is 8.48. The Kier molecular flexibility index (Phi) is 6.35. The minimum absolute atomic E-state index is 0.108. The summed E-state index contributed by atoms with van der Waals surface area (Å²) in [7, 11) is 0. The lowest BCUT2D eigenvalue weighted by atomic mass is 10.2. The lowest BCUT2D eigenvalue weighted by Gasteiger charge is -2.08. The largest absolute Gasteiger partial charge is 0.463 e. The van der Waals surface area contributed by atoms with Crippen molar-refractivity contribution < 1.29 is 23.5 Å². The smallest absolute Gasteiger partial charge is 0.307 e. The highest BCUT2D eigenvalue weighted by molar-refractivity contribution is 7.18. The van der Waals surface area contributed by atoms with Crippen molar-refractivity contribution in [3.8, 4) is 0 Å². The van der Waals surface area contributed by atoms with Gasteiger partial charge in [0.2, 0.25) is 0 Å². The van der Waals surface area contributed by atoms with Crippen molar-refractivity contribution in [3.05, 3.63) is 40.7 Å². The molecule has 0 atom stereocenters. The fraction of sp³-hybridized carbons (Fsp3) is 0.353. The van der Waals surface area contributed by atoms with Gasteiger partial charge in [-0.15, -0.1) is 11.3 Å². The molecule has 0 spiro atoms. The van der Waals surface area contributed by atoms with Crippen LogP contribution in [-0.2, 0) is 9.53 Å². The molecule has 25 heavy (non-hydrogen) atoms. The van der Waals surface area contributed by atoms with Gasteiger partial charge in [-0.25, -0.2) is 0 Å². The second-order valence-electron chi connectivity index (χ2n) is 5.60. The van der Waals surface area contributed by atoms with Crippen LogP contribution in [0.1, 0.15) is 46.1 Å². The SMILES string of the molecule is Cc1cc(NC(=O)c2ccco2)sc1C(=O)NCCC(=O)OC(C)C. The van der Waals surface area contributed by atoms with E-state index in [-0.39, 0.29) is 42.6 Å². The molecule has 0 fully saturated rings. The molecule has 2 amide bonds. The first-order valence-electron chi connectivity index (χ1n) is 7.79. The first-order valence-corrected chi connectivity index (χ1v) is 8.61. The Labute approximate surface area is 149 Å². The maximum absolute atomic E-state index is 12.2. The van der Waals surface area contributed by atoms with Crippen molar-refractivity contribution in [2.45, 2.75) is 33.3 Å². The van der Waals surface area contributed by atoms with Crippen LogP contribution >= 0.6 is 11.3 Å². The third-order valence-corrected chi connectivity index (χ3v) is 4.24. The second-order valence-corrected chi connectivity index (χ2v) is 6.65. The zero-order valence-corrected chi connectivity index (χ0v) is 15.1. The third kappa shape index (κ3) is 5.46. The van der Waals surface area contributed by atoms with Crippen LogP contribution in [0.2, 0.25) is 0 Å². The molecule has 2 aromatic rings. The molecule has 2 aromatic heterocycles. The summed E-state index contributed by atoms with van der Waals surface area (Å²) in [5.41, 5.74) is 0.738. The van der Waals surface area contributed by atoms with Gasteiger partial charge < -0.3 is 19.8 Å². The zero-order chi connectivity index (χ0) is 18.4. The van der Waals surface area contributed by atoms with Crippen molar-refractivity contribution >= 4 is 34.1 Å². The predicted molar refractivity (Wildman–Crippen MR) is 93.9 cm³/mol. The number of thiophene rings is 1. The fourth-order valence-corrected chi connectivity index (χ4v) is 3.01. The molecule has 0 aliphatic heterocycles. The highest BCUT2D eigenvalue weighted by Crippen LogP contribution is 2.27. The van der Waals surface area contributed by atoms with Crippen LogP contribution < -0.4 is 10.6 Å². The summed E-state index contributed by atoms with van der Waals surface area (Å²) in [6.07, 6.45) is 1.34. The van der Waals surface area contributed by atoms with Gasteiger partial charge >= 0.3 is 5.97 Å². The minimum atomic E-state index is -0.380. The zero-order valence-electron chi connectivity index (χ0n) is 14.3. The number of aryl methyl sites for hydroxylation is 1. The quantitative estimate of drug-likeness (QED) is 0.736. The summed E-state index contributed by atoms with van der Waals surface area (Å²) in [4.78, 5) is 36.1. The molecule has 8 heteroatoms. The van der Waals surface area contributed by atoms with Crippen molar-refractivity contribution in [2.24, 2.45) is 0 Å². The number of hydrogen-bond acceptors (Lipinski definition) is 6. The van der Waals surface area contributed by atoms with Crippen LogP contribution in [0.3, 0.4) is 0 Å². The lowest BCUT2D eigenvalue weighted by molar-refractivity contribution is -0.147. The van der Waals surface area contributed by atoms with Gasteiger partial charge in [-0.05, 0) is 44.5 Å². The Bertz CT molecular complexity index is 749. The summed E-state index contributed by atoms with van der Waals surface area (Å²) in [5, 5.41) is 5.91. The Hall–Kier alpha value is -2.61. The van der Waals surface area contributed by atoms with Gasteiger partial charge in [0.05, 0.1) is 28.7 Å². The molecular formula is C17H20N2O5S. The number of carbonyl (C=O) groups excluding carboxylic acids is 3. The molecule has 0 radical (unpaired) electrons. The molecule has 0 unspecified atom stereocenters. The average molecular weight is 364 g/mol. The summed E-state index contributed by atoms with van der Waals surface area (Å²) in [6.45, 7) is 5.50. The number of furan rings is 1. The summed E-state index contributed by atoms with van der Waals surface area (Å²) in [5.74, 6) is -0.835. The highest BCUT2D eigenvalue weighted by atomic mass is 32.1. The van der Waals surface area contributed by atoms with E-state index in [1.54, 1.807) is 39.0 Å². The Morgan fingerprint density at radius 1 is 1.28 bits per heavy atom. The molecule has 0 aromatic carbocycles. The summed E-state index contributed by atoms with van der Waals surface area (Å²) < 4.78 is 10.0. The standard InChI is InChI=1S/C17H20N2O5S/c1-10(2)24-14(20)6-7-18-17(22)15-11(3)9-13(25-15)19-16(21)12-5-4-8-23-12/h4-5,8-10H,6-7H2,1-3H3,(H,18,22)(H,19,21). The van der Waals surface area contributed by atoms with Gasteiger partial charge in [0.1, 0.15) is 0 Å². The summed E-state index contributed by atoms with van der Waals surface area (Å²) in [6, 6.07) is 4.89. The molecule has 7 nitrogen and oxygen atoms in total. The van der Waals surface area contributed by atoms with Gasteiger partial charge in [0, 0.05) is 6.54 Å². The van der Waals surface area contributed by atoms with Crippen LogP contribution in [0.5, 0.6) is 0 Å². The number of anilines is 1. The van der Waals surface area contributed by atoms with Crippen LogP contribution in [-0.4, -0.2) is 30.4 Å². The van der Waals surface area contributed by atoms with Gasteiger partial charge in [-0.2, -0.15) is 0 Å². The number of nitrogens with one attached hydrogen (secondary N) is 2. The van der Waals surface area contributed by atoms with E-state index in [0.717, 1.165) is 16.9 Å². The van der Waals surface area contributed by atoms with Crippen LogP contribution in [0.25, 0.3) is 0 Å². The van der Waals surface area contributed by atoms with Crippen molar-refractivity contribution in [2.75, 3.05) is 11.9 Å². The number of amides is 2. The normalized spacial score (nSPS) is 10.6. The van der Waals surface area contributed by atoms with Crippen molar-refractivity contribution in [1.82, 2.24) is 5.32 Å². The van der Waals surface area contributed by atoms with Crippen LogP contribution in [0, 0.1) is 6.92 Å². The van der Waals surface area contributed by atoms with Crippen molar-refractivity contribution in [3.63, 3.8) is 0 Å². The van der Waals surface area contributed by atoms with E-state index < -0.39 is 0 Å². The molecule has 2 heterocycles. The maximum Gasteiger partial charge on any atom is 0.307 e. The number of ether oxygens (including phenoxy) is 1. The first-order chi connectivity index (χ1) is 11.9. The third-order valence-electron chi connectivity index (χ3n) is 3.09. The van der Waals surface area contributed by atoms with Gasteiger partial charge in [0.15, 0.2) is 5.76 Å². The molecule has 2 rings (SSSR count). The van der Waals surface area contributed by atoms with E-state index in [1.807, 2.05) is 0 Å². The Balaban J connectivity index is 1.89. The fourth-order valence-electron chi connectivity index (χ4n) is 2.03. The van der Waals surface area contributed by atoms with Gasteiger partial charge in [-0.3, -0.25) is 14.4 Å². The van der Waals surface area contributed by atoms with Gasteiger partial charge in [0.25, 0.3) is 11.8 Å². The van der Waals surface area contributed by atoms with E-state index >= 15 is 0 Å². The molecule has 0 aliphatic rings. The van der Waals surface area contributed by atoms with Crippen LogP contribution in [0.4, 0.5) is 5.00 Å². The number of rotatable bonds is 7. The van der Waals surface area contributed by atoms with Gasteiger partial charge in [-0.1, -0.05) is 0 Å². The molecule has 0 saturated carbocycles. The van der Waals surface area contributed by atoms with E-state index in [2.05, 4.69) is 10.6 Å². The first kappa shape index (κ1) is 18.7. The Morgan fingerprint density at radius 2 is 2.04 bits per heavy atom. The number of carbonyl (C=O) groups is 3. The van der Waals surface area contributed by atoms with E-state index in [0.29, 0.717) is 9.88 Å². The van der Waals surface area contributed by atoms with E-state index in [4.69, 9.17) is 9.15 Å². The molecule has 0 bridgehead atoms. The number of esters is 1. The van der Waals surface area contributed by atoms with E-state index in [1.165, 1.54) is 6.26 Å². The average Bonchev–Trinajstić information content (AvgIpc) is 3.16. The van der Waals surface area contributed by atoms with E-state index in [9.17, 15) is 14.4 Å². The number of hydrogen-bond donors (Lipinski definition) is 2. The topological polar surface area (TPSA) is 97.6 Å². The maximum atomic E-state index is 12.2. The van der Waals surface area contributed by atoms with Crippen LogP contribution in [0.15, 0.2) is 28.9 Å². The predicted octanol–water partition coefficient (Wildman–Crippen LogP) is 2.97. The molecular weight excluding hydrogens is 344 g/mol.